The van der Waals surface area contributed by atoms with E-state index in [-0.39, 0.29) is 18.2 Å². The fourth-order valence-electron chi connectivity index (χ4n) is 4.26. The molecule has 0 saturated carbocycles. The van der Waals surface area contributed by atoms with Gasteiger partial charge in [-0.1, -0.05) is 101 Å². The quantitative estimate of drug-likeness (QED) is 0.0379. The number of pyridine rings is 1. The highest BCUT2D eigenvalue weighted by atomic mass is 33.1. The lowest BCUT2D eigenvalue weighted by atomic mass is 9.98. The molecule has 9 nitrogen and oxygen atoms in total. The van der Waals surface area contributed by atoms with E-state index in [0.29, 0.717) is 30.7 Å². The molecule has 0 spiro atoms. The predicted octanol–water partition coefficient (Wildman–Crippen LogP) is 6.79. The summed E-state index contributed by atoms with van der Waals surface area (Å²) in [5.41, 5.74) is 0.377. The molecule has 3 amide bonds. The van der Waals surface area contributed by atoms with E-state index in [1.165, 1.54) is 17.0 Å². The average molecular weight is 727 g/mol. The van der Waals surface area contributed by atoms with Gasteiger partial charge in [0.05, 0.1) is 30.9 Å². The third-order valence-electron chi connectivity index (χ3n) is 7.18. The topological polar surface area (TPSA) is 141 Å². The summed E-state index contributed by atoms with van der Waals surface area (Å²) in [4.78, 5) is 41.9. The Morgan fingerprint density at radius 1 is 0.820 bits per heavy atom. The molecular formula is C39H58N4O5S2. The highest BCUT2D eigenvalue weighted by molar-refractivity contribution is 8.77. The van der Waals surface area contributed by atoms with E-state index >= 15 is 0 Å². The van der Waals surface area contributed by atoms with Crippen LogP contribution in [0.3, 0.4) is 0 Å². The van der Waals surface area contributed by atoms with Gasteiger partial charge in [0.25, 0.3) is 5.91 Å². The number of aliphatic hydroxyl groups excluding tert-OH is 2. The Balaban J connectivity index is 2.31. The number of carbonyl (C=O) groups is 3. The zero-order valence-electron chi connectivity index (χ0n) is 30.0. The van der Waals surface area contributed by atoms with Gasteiger partial charge < -0.3 is 26.2 Å². The Kier molecular flexibility index (Phi) is 26.2. The van der Waals surface area contributed by atoms with Crippen molar-refractivity contribution >= 4 is 39.3 Å². The van der Waals surface area contributed by atoms with Gasteiger partial charge in [-0.25, -0.2) is 0 Å². The molecule has 11 heteroatoms. The number of allylic oxidation sites excluding steroid dienone is 12. The second-order valence-electron chi connectivity index (χ2n) is 11.9. The van der Waals surface area contributed by atoms with E-state index in [2.05, 4.69) is 94.7 Å². The number of hydrogen-bond donors (Lipinski definition) is 5. The fraction of sp³-hybridized carbons (Fsp3) is 0.487. The Labute approximate surface area is 307 Å². The Morgan fingerprint density at radius 2 is 1.38 bits per heavy atom. The van der Waals surface area contributed by atoms with Crippen LogP contribution in [0.1, 0.15) is 88.9 Å². The molecule has 0 unspecified atom stereocenters. The van der Waals surface area contributed by atoms with Crippen LogP contribution in [0.25, 0.3) is 0 Å². The average Bonchev–Trinajstić information content (AvgIpc) is 3.11. The van der Waals surface area contributed by atoms with Crippen LogP contribution in [0.15, 0.2) is 97.4 Å². The second kappa shape index (κ2) is 29.4. The molecule has 1 aromatic rings. The third-order valence-corrected chi connectivity index (χ3v) is 10.5. The first-order valence-electron chi connectivity index (χ1n) is 17.4. The molecule has 1 atom stereocenters. The minimum absolute atomic E-state index is 0.00464. The van der Waals surface area contributed by atoms with Crippen molar-refractivity contribution in [2.45, 2.75) is 95.4 Å². The van der Waals surface area contributed by atoms with Crippen molar-refractivity contribution in [2.75, 3.05) is 25.5 Å². The molecule has 5 N–H and O–H groups in total. The number of hydrogen-bond acceptors (Lipinski definition) is 8. The van der Waals surface area contributed by atoms with E-state index in [1.807, 2.05) is 19.9 Å². The van der Waals surface area contributed by atoms with Gasteiger partial charge in [-0.2, -0.15) is 0 Å². The predicted molar refractivity (Wildman–Crippen MR) is 211 cm³/mol. The van der Waals surface area contributed by atoms with Crippen LogP contribution in [0.5, 0.6) is 0 Å². The molecule has 1 rings (SSSR count). The van der Waals surface area contributed by atoms with Crippen LogP contribution in [-0.4, -0.2) is 75.3 Å². The second-order valence-corrected chi connectivity index (χ2v) is 15.0. The van der Waals surface area contributed by atoms with Crippen LogP contribution in [0.2, 0.25) is 0 Å². The van der Waals surface area contributed by atoms with Crippen molar-refractivity contribution in [1.82, 2.24) is 20.9 Å². The fourth-order valence-corrected chi connectivity index (χ4v) is 6.85. The van der Waals surface area contributed by atoms with Crippen molar-refractivity contribution in [1.29, 1.82) is 0 Å². The number of rotatable bonds is 27. The van der Waals surface area contributed by atoms with E-state index in [4.69, 9.17) is 0 Å². The minimum Gasteiger partial charge on any atom is -0.394 e. The number of nitrogens with one attached hydrogen (secondary N) is 3. The molecule has 0 fully saturated rings. The standard InChI is InChI=1S/C39H58N4O5S2/c1-4-5-6-7-8-9-10-11-12-13-14-15-16-17-18-19-20-21-22-25-36(46)41-27-28-49-50-39(2,3)35(29-37(47)42-34(31-44)32-45)43-38(48)33-24-23-26-40-30-33/h5-6,8-9,11-12,14-15,17-18,20-21,23-24,26,30,34-35,44-45H,4,7,10,13,16,19,22,25,27-29,31-32H2,1-3H3,(H,41,46)(H,42,47)(H,43,48)/b6-5-,9-8-,12-11-,15-14-,18-17-,21-20-/t35-/m1/s1. The summed E-state index contributed by atoms with van der Waals surface area (Å²) in [6, 6.07) is 1.97. The largest absolute Gasteiger partial charge is 0.394 e. The van der Waals surface area contributed by atoms with E-state index in [1.54, 1.807) is 29.1 Å². The van der Waals surface area contributed by atoms with Crippen molar-refractivity contribution < 1.29 is 24.6 Å². The van der Waals surface area contributed by atoms with Crippen LogP contribution < -0.4 is 16.0 Å². The number of carbonyl (C=O) groups excluding carboxylic acids is 3. The maximum absolute atomic E-state index is 12.9. The Morgan fingerprint density at radius 3 is 1.90 bits per heavy atom. The summed E-state index contributed by atoms with van der Waals surface area (Å²) in [7, 11) is 3.07. The van der Waals surface area contributed by atoms with Gasteiger partial charge in [-0.3, -0.25) is 19.4 Å². The van der Waals surface area contributed by atoms with E-state index in [9.17, 15) is 24.6 Å². The molecule has 0 saturated heterocycles. The van der Waals surface area contributed by atoms with Crippen LogP contribution in [0, 0.1) is 0 Å². The molecule has 50 heavy (non-hydrogen) atoms. The van der Waals surface area contributed by atoms with Gasteiger partial charge in [0.15, 0.2) is 0 Å². The summed E-state index contributed by atoms with van der Waals surface area (Å²) in [6.07, 6.45) is 35.8. The lowest BCUT2D eigenvalue weighted by Crippen LogP contribution is -2.51. The van der Waals surface area contributed by atoms with E-state index < -0.39 is 36.0 Å². The smallest absolute Gasteiger partial charge is 0.253 e. The summed E-state index contributed by atoms with van der Waals surface area (Å²) in [5, 5.41) is 27.2. The molecule has 0 aliphatic rings. The van der Waals surface area contributed by atoms with Gasteiger partial charge in [0, 0.05) is 42.3 Å². The number of amides is 3. The lowest BCUT2D eigenvalue weighted by Gasteiger charge is -2.34. The van der Waals surface area contributed by atoms with Gasteiger partial charge in [-0.15, -0.1) is 0 Å². The third kappa shape index (κ3) is 23.1. The first-order chi connectivity index (χ1) is 24.2. The Hall–Kier alpha value is -3.38. The highest BCUT2D eigenvalue weighted by Crippen LogP contribution is 2.39. The van der Waals surface area contributed by atoms with Gasteiger partial charge in [-0.05, 0) is 70.9 Å². The number of aromatic nitrogens is 1. The highest BCUT2D eigenvalue weighted by Gasteiger charge is 2.34. The summed E-state index contributed by atoms with van der Waals surface area (Å²) in [5.74, 6) is -0.108. The van der Waals surface area contributed by atoms with Crippen LogP contribution in [0.4, 0.5) is 0 Å². The SMILES string of the molecule is CC/C=C\C/C=C\C/C=C\C/C=C\C/C=C\C/C=C\CCC(=O)NCCSSC(C)(C)[C@@H](CC(=O)NC(CO)CO)NC(=O)c1cccnc1. The van der Waals surface area contributed by atoms with Gasteiger partial charge in [0.2, 0.25) is 11.8 Å². The van der Waals surface area contributed by atoms with Crippen molar-refractivity contribution in [3.63, 3.8) is 0 Å². The number of nitrogens with zero attached hydrogens (tertiary/aromatic N) is 1. The molecule has 0 radical (unpaired) electrons. The maximum atomic E-state index is 12.9. The summed E-state index contributed by atoms with van der Waals surface area (Å²) < 4.78 is -0.576. The molecule has 1 aromatic heterocycles. The van der Waals surface area contributed by atoms with Crippen molar-refractivity contribution in [3.8, 4) is 0 Å². The number of aliphatic hydroxyl groups is 2. The monoisotopic (exact) mass is 726 g/mol. The Bertz CT molecular complexity index is 1260. The maximum Gasteiger partial charge on any atom is 0.253 e. The summed E-state index contributed by atoms with van der Waals surface area (Å²) >= 11 is 0. The molecule has 0 aliphatic heterocycles. The zero-order valence-corrected chi connectivity index (χ0v) is 31.6. The van der Waals surface area contributed by atoms with Crippen LogP contribution in [-0.2, 0) is 9.59 Å². The molecule has 1 heterocycles. The normalized spacial score (nSPS) is 13.2. The van der Waals surface area contributed by atoms with E-state index in [0.717, 1.165) is 38.5 Å². The van der Waals surface area contributed by atoms with Crippen molar-refractivity contribution in [3.05, 3.63) is 103 Å². The zero-order chi connectivity index (χ0) is 36.7. The van der Waals surface area contributed by atoms with Gasteiger partial charge in [0.1, 0.15) is 0 Å². The lowest BCUT2D eigenvalue weighted by molar-refractivity contribution is -0.123. The molecule has 0 aromatic carbocycles. The first-order valence-corrected chi connectivity index (χ1v) is 19.7. The molecular weight excluding hydrogens is 669 g/mol. The summed E-state index contributed by atoms with van der Waals surface area (Å²) in [6.45, 7) is 5.73. The molecule has 276 valence electrons. The first kappa shape index (κ1) is 44.6. The van der Waals surface area contributed by atoms with Gasteiger partial charge >= 0.3 is 0 Å². The minimum atomic E-state index is -0.773. The molecule has 0 bridgehead atoms. The molecule has 0 aliphatic carbocycles. The van der Waals surface area contributed by atoms with Crippen LogP contribution >= 0.6 is 21.6 Å². The van der Waals surface area contributed by atoms with Crippen molar-refractivity contribution in [2.24, 2.45) is 0 Å².